The number of nitrogens with zero attached hydrogens (tertiary/aromatic N) is 2. The molecule has 1 heterocycles. The number of carbonyl (C=O) groups excluding carboxylic acids is 1. The highest BCUT2D eigenvalue weighted by Crippen LogP contribution is 2.36. The molecule has 2 aromatic carbocycles. The summed E-state index contributed by atoms with van der Waals surface area (Å²) in [4.78, 5) is 17.9. The van der Waals surface area contributed by atoms with E-state index in [9.17, 15) is 10.1 Å². The second-order valence-corrected chi connectivity index (χ2v) is 10.4. The maximum absolute atomic E-state index is 13.0. The molecule has 0 saturated heterocycles. The first-order valence-electron chi connectivity index (χ1n) is 12.0. The van der Waals surface area contributed by atoms with Gasteiger partial charge in [0.1, 0.15) is 11.1 Å². The number of aryl methyl sites for hydroxylation is 1. The molecule has 34 heavy (non-hydrogen) atoms. The van der Waals surface area contributed by atoms with E-state index in [1.165, 1.54) is 22.9 Å². The molecular formula is C29H31N3OS. The predicted octanol–water partition coefficient (Wildman–Crippen LogP) is 6.86. The fourth-order valence-corrected chi connectivity index (χ4v) is 5.45. The van der Waals surface area contributed by atoms with Crippen LogP contribution in [0.2, 0.25) is 0 Å². The van der Waals surface area contributed by atoms with Gasteiger partial charge >= 0.3 is 0 Å². The fourth-order valence-electron chi connectivity index (χ4n) is 4.46. The minimum atomic E-state index is -0.317. The smallest absolute Gasteiger partial charge is 0.237 e. The van der Waals surface area contributed by atoms with Crippen molar-refractivity contribution in [3.05, 3.63) is 88.6 Å². The van der Waals surface area contributed by atoms with E-state index in [2.05, 4.69) is 61.6 Å². The van der Waals surface area contributed by atoms with E-state index in [4.69, 9.17) is 4.98 Å². The van der Waals surface area contributed by atoms with E-state index >= 15 is 0 Å². The lowest BCUT2D eigenvalue weighted by Crippen LogP contribution is -2.25. The fraction of sp³-hybridized carbons (Fsp3) is 0.345. The molecule has 174 valence electrons. The standard InChI is InChI=1S/C29H31N3OS/c1-4-27(28(33)31-25-13-10-20(11-14-25)19(2)3)34-29-24(18-30)17-23-16-22(12-15-26(23)32-29)21-8-6-5-7-9-21/h5-11,13-14,17,19,22,27H,4,12,15-16H2,1-3H3,(H,31,33). The molecule has 0 aliphatic heterocycles. The summed E-state index contributed by atoms with van der Waals surface area (Å²) in [6, 6.07) is 22.9. The number of fused-ring (bicyclic) bond motifs is 1. The van der Waals surface area contributed by atoms with Crippen molar-refractivity contribution in [2.75, 3.05) is 5.32 Å². The first-order chi connectivity index (χ1) is 16.5. The number of benzene rings is 2. The summed E-state index contributed by atoms with van der Waals surface area (Å²) >= 11 is 1.40. The van der Waals surface area contributed by atoms with Crippen LogP contribution in [0.1, 0.15) is 73.4 Å². The van der Waals surface area contributed by atoms with Crippen LogP contribution >= 0.6 is 11.8 Å². The molecule has 1 aromatic heterocycles. The quantitative estimate of drug-likeness (QED) is 0.384. The Bertz CT molecular complexity index is 1180. The largest absolute Gasteiger partial charge is 0.325 e. The van der Waals surface area contributed by atoms with Gasteiger partial charge in [-0.15, -0.1) is 0 Å². The maximum Gasteiger partial charge on any atom is 0.237 e. The average Bonchev–Trinajstić information content (AvgIpc) is 2.87. The van der Waals surface area contributed by atoms with Gasteiger partial charge in [-0.05, 0) is 72.4 Å². The Kier molecular flexibility index (Phi) is 7.70. The van der Waals surface area contributed by atoms with Crippen molar-refractivity contribution in [1.29, 1.82) is 5.26 Å². The van der Waals surface area contributed by atoms with E-state index in [1.807, 2.05) is 31.2 Å². The second kappa shape index (κ2) is 10.9. The molecule has 1 N–H and O–H groups in total. The molecule has 3 aromatic rings. The Labute approximate surface area is 206 Å². The molecule has 2 atom stereocenters. The van der Waals surface area contributed by atoms with E-state index in [1.54, 1.807) is 0 Å². The van der Waals surface area contributed by atoms with Crippen molar-refractivity contribution in [2.24, 2.45) is 0 Å². The summed E-state index contributed by atoms with van der Waals surface area (Å²) in [5, 5.41) is 13.2. The van der Waals surface area contributed by atoms with Crippen LogP contribution in [0.15, 0.2) is 65.7 Å². The van der Waals surface area contributed by atoms with Crippen LogP contribution in [0.25, 0.3) is 0 Å². The highest BCUT2D eigenvalue weighted by atomic mass is 32.2. The highest BCUT2D eigenvalue weighted by molar-refractivity contribution is 8.00. The monoisotopic (exact) mass is 469 g/mol. The van der Waals surface area contributed by atoms with Crippen molar-refractivity contribution in [3.8, 4) is 6.07 Å². The molecule has 2 unspecified atom stereocenters. The Morgan fingerprint density at radius 1 is 1.18 bits per heavy atom. The van der Waals surface area contributed by atoms with Gasteiger partial charge in [0.2, 0.25) is 5.91 Å². The van der Waals surface area contributed by atoms with Gasteiger partial charge in [0.05, 0.1) is 10.8 Å². The Hall–Kier alpha value is -3.10. The Morgan fingerprint density at radius 2 is 1.91 bits per heavy atom. The molecule has 1 aliphatic carbocycles. The zero-order valence-electron chi connectivity index (χ0n) is 20.0. The van der Waals surface area contributed by atoms with Gasteiger partial charge in [0.25, 0.3) is 0 Å². The summed E-state index contributed by atoms with van der Waals surface area (Å²) in [5.41, 5.74) is 6.15. The van der Waals surface area contributed by atoms with Crippen LogP contribution in [0.5, 0.6) is 0 Å². The summed E-state index contributed by atoms with van der Waals surface area (Å²) in [6.45, 7) is 6.29. The number of amides is 1. The number of pyridine rings is 1. The van der Waals surface area contributed by atoms with Crippen molar-refractivity contribution < 1.29 is 4.79 Å². The van der Waals surface area contributed by atoms with Gasteiger partial charge in [0.15, 0.2) is 0 Å². The molecule has 5 heteroatoms. The minimum Gasteiger partial charge on any atom is -0.325 e. The predicted molar refractivity (Wildman–Crippen MR) is 139 cm³/mol. The van der Waals surface area contributed by atoms with Crippen LogP contribution in [-0.2, 0) is 17.6 Å². The highest BCUT2D eigenvalue weighted by Gasteiger charge is 2.25. The molecule has 1 amide bonds. The topological polar surface area (TPSA) is 65.8 Å². The van der Waals surface area contributed by atoms with Gasteiger partial charge in [-0.1, -0.05) is 75.0 Å². The first kappa shape index (κ1) is 24.0. The SMILES string of the molecule is CCC(Sc1nc2c(cc1C#N)CC(c1ccccc1)CC2)C(=O)Nc1ccc(C(C)C)cc1. The van der Waals surface area contributed by atoms with E-state index in [0.29, 0.717) is 28.8 Å². The summed E-state index contributed by atoms with van der Waals surface area (Å²) in [7, 11) is 0. The third-order valence-corrected chi connectivity index (χ3v) is 7.87. The maximum atomic E-state index is 13.0. The number of hydrogen-bond acceptors (Lipinski definition) is 4. The molecule has 4 rings (SSSR count). The Balaban J connectivity index is 1.49. The summed E-state index contributed by atoms with van der Waals surface area (Å²) in [5.74, 6) is 0.848. The van der Waals surface area contributed by atoms with E-state index < -0.39 is 0 Å². The van der Waals surface area contributed by atoms with Gasteiger partial charge in [-0.25, -0.2) is 4.98 Å². The molecule has 0 bridgehead atoms. The lowest BCUT2D eigenvalue weighted by Gasteiger charge is -2.25. The second-order valence-electron chi connectivity index (χ2n) is 9.19. The molecular weight excluding hydrogens is 438 g/mol. The molecule has 1 aliphatic rings. The van der Waals surface area contributed by atoms with Crippen molar-refractivity contribution >= 4 is 23.4 Å². The van der Waals surface area contributed by atoms with Crippen LogP contribution in [0, 0.1) is 11.3 Å². The molecule has 0 radical (unpaired) electrons. The van der Waals surface area contributed by atoms with Gasteiger partial charge in [-0.3, -0.25) is 4.79 Å². The van der Waals surface area contributed by atoms with Crippen LogP contribution in [0.3, 0.4) is 0 Å². The number of carbonyl (C=O) groups is 1. The molecule has 0 spiro atoms. The third-order valence-electron chi connectivity index (χ3n) is 6.51. The average molecular weight is 470 g/mol. The normalized spacial score (nSPS) is 15.9. The molecule has 0 saturated carbocycles. The Morgan fingerprint density at radius 3 is 2.56 bits per heavy atom. The zero-order chi connectivity index (χ0) is 24.1. The molecule has 4 nitrogen and oxygen atoms in total. The minimum absolute atomic E-state index is 0.0580. The lowest BCUT2D eigenvalue weighted by molar-refractivity contribution is -0.115. The number of rotatable bonds is 7. The van der Waals surface area contributed by atoms with E-state index in [-0.39, 0.29) is 11.2 Å². The van der Waals surface area contributed by atoms with E-state index in [0.717, 1.165) is 36.2 Å². The van der Waals surface area contributed by atoms with Crippen LogP contribution < -0.4 is 5.32 Å². The number of nitrogens with one attached hydrogen (secondary N) is 1. The summed E-state index contributed by atoms with van der Waals surface area (Å²) in [6.07, 6.45) is 3.49. The zero-order valence-corrected chi connectivity index (χ0v) is 20.9. The van der Waals surface area contributed by atoms with Gasteiger partial charge in [0, 0.05) is 11.4 Å². The summed E-state index contributed by atoms with van der Waals surface area (Å²) < 4.78 is 0. The number of thioether (sulfide) groups is 1. The lowest BCUT2D eigenvalue weighted by atomic mass is 9.82. The van der Waals surface area contributed by atoms with Crippen molar-refractivity contribution in [2.45, 2.75) is 68.6 Å². The van der Waals surface area contributed by atoms with Crippen LogP contribution in [0.4, 0.5) is 5.69 Å². The number of anilines is 1. The van der Waals surface area contributed by atoms with Crippen molar-refractivity contribution in [3.63, 3.8) is 0 Å². The third kappa shape index (κ3) is 5.51. The number of aromatic nitrogens is 1. The van der Waals surface area contributed by atoms with Crippen molar-refractivity contribution in [1.82, 2.24) is 4.98 Å². The van der Waals surface area contributed by atoms with Gasteiger partial charge in [-0.2, -0.15) is 5.26 Å². The first-order valence-corrected chi connectivity index (χ1v) is 12.9. The number of hydrogen-bond donors (Lipinski definition) is 1. The van der Waals surface area contributed by atoms with Crippen LogP contribution in [-0.4, -0.2) is 16.1 Å². The number of nitriles is 1. The molecule has 0 fully saturated rings. The van der Waals surface area contributed by atoms with Gasteiger partial charge < -0.3 is 5.32 Å².